The molecule has 0 aliphatic carbocycles. The minimum atomic E-state index is -0.0279. The number of aryl methyl sites for hydroxylation is 1. The van der Waals surface area contributed by atoms with Gasteiger partial charge in [0.2, 0.25) is 5.91 Å². The van der Waals surface area contributed by atoms with Crippen molar-refractivity contribution in [1.82, 2.24) is 0 Å². The lowest BCUT2D eigenvalue weighted by molar-refractivity contribution is -0.117. The molecule has 0 saturated heterocycles. The Hall–Kier alpha value is -1.03. The quantitative estimate of drug-likeness (QED) is 0.818. The van der Waals surface area contributed by atoms with Crippen molar-refractivity contribution >= 4 is 33.2 Å². The summed E-state index contributed by atoms with van der Waals surface area (Å²) in [6, 6.07) is 3.75. The number of carbonyl (C=O) groups is 1. The van der Waals surface area contributed by atoms with Crippen LogP contribution >= 0.6 is 15.9 Å². The Balaban J connectivity index is 2.85. The fraction of sp³-hybridized carbons (Fsp3) is 0.462. The highest BCUT2D eigenvalue weighted by Crippen LogP contribution is 2.28. The molecule has 94 valence electrons. The van der Waals surface area contributed by atoms with Crippen LogP contribution in [0.4, 0.5) is 11.4 Å². The molecule has 0 fully saturated rings. The number of hydrogen-bond acceptors (Lipinski definition) is 2. The van der Waals surface area contributed by atoms with E-state index in [-0.39, 0.29) is 11.3 Å². The molecule has 0 aliphatic rings. The molecule has 17 heavy (non-hydrogen) atoms. The monoisotopic (exact) mass is 298 g/mol. The van der Waals surface area contributed by atoms with Crippen LogP contribution in [0.3, 0.4) is 0 Å². The van der Waals surface area contributed by atoms with Crippen molar-refractivity contribution in [3.63, 3.8) is 0 Å². The molecular weight excluding hydrogens is 280 g/mol. The first kappa shape index (κ1) is 14.0. The number of rotatable bonds is 2. The van der Waals surface area contributed by atoms with Gasteiger partial charge in [0.25, 0.3) is 0 Å². The molecule has 0 spiro atoms. The third kappa shape index (κ3) is 4.38. The van der Waals surface area contributed by atoms with Gasteiger partial charge in [-0.25, -0.2) is 0 Å². The van der Waals surface area contributed by atoms with Crippen LogP contribution < -0.4 is 11.1 Å². The topological polar surface area (TPSA) is 55.1 Å². The van der Waals surface area contributed by atoms with E-state index in [1.54, 1.807) is 0 Å². The summed E-state index contributed by atoms with van der Waals surface area (Å²) in [7, 11) is 0. The van der Waals surface area contributed by atoms with E-state index in [1.807, 2.05) is 39.8 Å². The third-order valence-corrected chi connectivity index (χ3v) is 2.77. The Kier molecular flexibility index (Phi) is 4.20. The molecule has 0 unspecified atom stereocenters. The summed E-state index contributed by atoms with van der Waals surface area (Å²) in [6.45, 7) is 8.01. The molecule has 1 amide bonds. The Bertz CT molecular complexity index is 436. The normalized spacial score (nSPS) is 11.4. The van der Waals surface area contributed by atoms with Crippen LogP contribution in [0.5, 0.6) is 0 Å². The second-order valence-corrected chi connectivity index (χ2v) is 6.39. The van der Waals surface area contributed by atoms with E-state index in [0.29, 0.717) is 17.8 Å². The standard InChI is InChI=1S/C13H19BrN2O/c1-8-5-9(14)6-10(12(8)15)16-11(17)7-13(2,3)4/h5-6H,7,15H2,1-4H3,(H,16,17). The lowest BCUT2D eigenvalue weighted by atomic mass is 9.92. The van der Waals surface area contributed by atoms with Crippen LogP contribution in [0.2, 0.25) is 0 Å². The molecule has 0 saturated carbocycles. The smallest absolute Gasteiger partial charge is 0.224 e. The summed E-state index contributed by atoms with van der Waals surface area (Å²) in [6.07, 6.45) is 0.470. The second-order valence-electron chi connectivity index (χ2n) is 5.47. The number of anilines is 2. The first-order chi connectivity index (χ1) is 7.69. The highest BCUT2D eigenvalue weighted by atomic mass is 79.9. The lowest BCUT2D eigenvalue weighted by Crippen LogP contribution is -2.20. The molecule has 3 nitrogen and oxygen atoms in total. The number of hydrogen-bond donors (Lipinski definition) is 2. The minimum Gasteiger partial charge on any atom is -0.397 e. The van der Waals surface area contributed by atoms with Crippen LogP contribution in [0.1, 0.15) is 32.8 Å². The van der Waals surface area contributed by atoms with E-state index in [2.05, 4.69) is 21.2 Å². The highest BCUT2D eigenvalue weighted by Gasteiger charge is 2.17. The number of nitrogen functional groups attached to an aromatic ring is 1. The maximum Gasteiger partial charge on any atom is 0.224 e. The van der Waals surface area contributed by atoms with Gasteiger partial charge >= 0.3 is 0 Å². The number of nitrogens with two attached hydrogens (primary N) is 1. The van der Waals surface area contributed by atoms with E-state index >= 15 is 0 Å². The van der Waals surface area contributed by atoms with Crippen LogP contribution in [0.15, 0.2) is 16.6 Å². The van der Waals surface area contributed by atoms with Crippen molar-refractivity contribution in [2.45, 2.75) is 34.1 Å². The lowest BCUT2D eigenvalue weighted by Gasteiger charge is -2.18. The molecule has 1 aromatic rings. The molecule has 0 heterocycles. The predicted octanol–water partition coefficient (Wildman–Crippen LogP) is 3.71. The van der Waals surface area contributed by atoms with Crippen LogP contribution in [0.25, 0.3) is 0 Å². The van der Waals surface area contributed by atoms with Gasteiger partial charge in [0.1, 0.15) is 0 Å². The van der Waals surface area contributed by atoms with Gasteiger partial charge in [-0.1, -0.05) is 36.7 Å². The third-order valence-electron chi connectivity index (χ3n) is 2.32. The zero-order chi connectivity index (χ0) is 13.2. The first-order valence-electron chi connectivity index (χ1n) is 5.54. The van der Waals surface area contributed by atoms with E-state index < -0.39 is 0 Å². The van der Waals surface area contributed by atoms with E-state index in [1.165, 1.54) is 0 Å². The van der Waals surface area contributed by atoms with Crippen LogP contribution in [0, 0.1) is 12.3 Å². The zero-order valence-corrected chi connectivity index (χ0v) is 12.3. The highest BCUT2D eigenvalue weighted by molar-refractivity contribution is 9.10. The molecule has 0 radical (unpaired) electrons. The molecule has 0 bridgehead atoms. The number of nitrogens with one attached hydrogen (secondary N) is 1. The average Bonchev–Trinajstić information content (AvgIpc) is 2.10. The van der Waals surface area contributed by atoms with E-state index in [4.69, 9.17) is 5.73 Å². The van der Waals surface area contributed by atoms with Crippen LogP contribution in [-0.4, -0.2) is 5.91 Å². The van der Waals surface area contributed by atoms with Gasteiger partial charge in [0.05, 0.1) is 11.4 Å². The summed E-state index contributed by atoms with van der Waals surface area (Å²) in [5, 5.41) is 2.85. The van der Waals surface area contributed by atoms with Crippen molar-refractivity contribution in [3.8, 4) is 0 Å². The maximum atomic E-state index is 11.8. The summed E-state index contributed by atoms with van der Waals surface area (Å²) >= 11 is 3.39. The van der Waals surface area contributed by atoms with Gasteiger partial charge in [-0.2, -0.15) is 0 Å². The molecular formula is C13H19BrN2O. The Labute approximate surface area is 111 Å². The fourth-order valence-electron chi connectivity index (χ4n) is 1.53. The fourth-order valence-corrected chi connectivity index (χ4v) is 2.11. The van der Waals surface area contributed by atoms with Gasteiger partial charge in [-0.3, -0.25) is 4.79 Å². The van der Waals surface area contributed by atoms with Crippen molar-refractivity contribution < 1.29 is 4.79 Å². The number of carbonyl (C=O) groups excluding carboxylic acids is 1. The molecule has 1 aromatic carbocycles. The van der Waals surface area contributed by atoms with Crippen molar-refractivity contribution in [3.05, 3.63) is 22.2 Å². The second kappa shape index (κ2) is 5.08. The minimum absolute atomic E-state index is 0.0123. The molecule has 0 aromatic heterocycles. The van der Waals surface area contributed by atoms with Gasteiger partial charge in [0.15, 0.2) is 0 Å². The van der Waals surface area contributed by atoms with E-state index in [0.717, 1.165) is 10.0 Å². The van der Waals surface area contributed by atoms with Crippen LogP contribution in [-0.2, 0) is 4.79 Å². The predicted molar refractivity (Wildman–Crippen MR) is 76.0 cm³/mol. The number of amides is 1. The van der Waals surface area contributed by atoms with Gasteiger partial charge in [-0.05, 0) is 30.0 Å². The molecule has 1 rings (SSSR count). The Morgan fingerprint density at radius 3 is 2.53 bits per heavy atom. The summed E-state index contributed by atoms with van der Waals surface area (Å²) in [5.41, 5.74) is 8.14. The summed E-state index contributed by atoms with van der Waals surface area (Å²) < 4.78 is 0.912. The molecule has 0 aliphatic heterocycles. The summed E-state index contributed by atoms with van der Waals surface area (Å²) in [5.74, 6) is -0.0123. The van der Waals surface area contributed by atoms with Gasteiger partial charge < -0.3 is 11.1 Å². The number of halogens is 1. The average molecular weight is 299 g/mol. The SMILES string of the molecule is Cc1cc(Br)cc(NC(=O)CC(C)(C)C)c1N. The molecule has 0 atom stereocenters. The largest absolute Gasteiger partial charge is 0.397 e. The number of benzene rings is 1. The zero-order valence-electron chi connectivity index (χ0n) is 10.7. The van der Waals surface area contributed by atoms with Gasteiger partial charge in [0, 0.05) is 10.9 Å². The first-order valence-corrected chi connectivity index (χ1v) is 6.34. The Morgan fingerprint density at radius 1 is 1.41 bits per heavy atom. The molecule has 3 N–H and O–H groups in total. The van der Waals surface area contributed by atoms with Crippen molar-refractivity contribution in [1.29, 1.82) is 0 Å². The maximum absolute atomic E-state index is 11.8. The van der Waals surface area contributed by atoms with E-state index in [9.17, 15) is 4.79 Å². The van der Waals surface area contributed by atoms with Gasteiger partial charge in [-0.15, -0.1) is 0 Å². The van der Waals surface area contributed by atoms with Crippen molar-refractivity contribution in [2.24, 2.45) is 5.41 Å². The summed E-state index contributed by atoms with van der Waals surface area (Å²) in [4.78, 5) is 11.8. The van der Waals surface area contributed by atoms with Crippen molar-refractivity contribution in [2.75, 3.05) is 11.1 Å². The Morgan fingerprint density at radius 2 is 2.00 bits per heavy atom. The molecule has 4 heteroatoms.